The number of aliphatic hydroxyl groups excluding tert-OH is 1. The van der Waals surface area contributed by atoms with Crippen LogP contribution in [-0.2, 0) is 4.79 Å². The number of benzene rings is 1. The third-order valence-electron chi connectivity index (χ3n) is 4.03. The molecule has 1 aromatic carbocycles. The highest BCUT2D eigenvalue weighted by atomic mass is 16.3. The molecule has 1 heterocycles. The molecule has 2 aromatic rings. The van der Waals surface area contributed by atoms with E-state index in [2.05, 4.69) is 15.3 Å². The number of quaternary nitrogens is 1. The van der Waals surface area contributed by atoms with Crippen LogP contribution in [-0.4, -0.2) is 46.7 Å². The fraction of sp³-hybridized carbons (Fsp3) is 0.389. The normalized spacial score (nSPS) is 14.7. The molecule has 0 saturated heterocycles. The third-order valence-corrected chi connectivity index (χ3v) is 4.03. The van der Waals surface area contributed by atoms with Crippen LogP contribution in [0.25, 0.3) is 16.6 Å². The predicted octanol–water partition coefficient (Wildman–Crippen LogP) is 0.783. The first-order valence-corrected chi connectivity index (χ1v) is 8.23. The number of carbonyl (C=O) groups is 1. The number of allylic oxidation sites excluding steroid dienone is 1. The number of aromatic amines is 1. The van der Waals surface area contributed by atoms with Crippen LogP contribution in [0, 0.1) is 11.3 Å². The maximum Gasteiger partial charge on any atom is 0.275 e. The molecule has 0 saturated carbocycles. The van der Waals surface area contributed by atoms with Gasteiger partial charge in [-0.05, 0) is 32.9 Å². The Labute approximate surface area is 147 Å². The third kappa shape index (κ3) is 4.37. The Balaban J connectivity index is 2.25. The molecule has 0 bridgehead atoms. The van der Waals surface area contributed by atoms with Crippen molar-refractivity contribution in [1.29, 1.82) is 5.26 Å². The van der Waals surface area contributed by atoms with E-state index in [1.165, 1.54) is 0 Å². The lowest BCUT2D eigenvalue weighted by Gasteiger charge is -2.21. The lowest BCUT2D eigenvalue weighted by atomic mass is 10.1. The van der Waals surface area contributed by atoms with Crippen LogP contribution in [0.15, 0.2) is 30.0 Å². The second kappa shape index (κ2) is 7.81. The molecule has 7 nitrogen and oxygen atoms in total. The fourth-order valence-corrected chi connectivity index (χ4v) is 2.53. The Bertz CT molecular complexity index is 798. The summed E-state index contributed by atoms with van der Waals surface area (Å²) in [5.41, 5.74) is 1.61. The van der Waals surface area contributed by atoms with Gasteiger partial charge in [-0.3, -0.25) is 4.79 Å². The van der Waals surface area contributed by atoms with Gasteiger partial charge in [0.25, 0.3) is 5.91 Å². The molecule has 1 amide bonds. The number of nitrogens with one attached hydrogen (secondary N) is 3. The van der Waals surface area contributed by atoms with Gasteiger partial charge in [-0.1, -0.05) is 12.1 Å². The number of H-pyrrole nitrogens is 1. The highest BCUT2D eigenvalue weighted by Crippen LogP contribution is 2.19. The Morgan fingerprint density at radius 3 is 2.68 bits per heavy atom. The van der Waals surface area contributed by atoms with Crippen molar-refractivity contribution in [3.05, 3.63) is 35.8 Å². The van der Waals surface area contributed by atoms with Gasteiger partial charge >= 0.3 is 0 Å². The van der Waals surface area contributed by atoms with E-state index in [9.17, 15) is 15.2 Å². The molecule has 132 valence electrons. The summed E-state index contributed by atoms with van der Waals surface area (Å²) in [6, 6.07) is 9.07. The number of rotatable bonds is 6. The summed E-state index contributed by atoms with van der Waals surface area (Å²) >= 11 is 0. The van der Waals surface area contributed by atoms with Crippen LogP contribution in [0.3, 0.4) is 0 Å². The minimum atomic E-state index is -0.430. The highest BCUT2D eigenvalue weighted by Gasteiger charge is 2.25. The molecule has 2 atom stereocenters. The molecule has 1 unspecified atom stereocenters. The SMILES string of the molecule is CC(C)NC(=O)C[NH+](C)[C@H](C)/C(O)=C(\C#N)c1nc2ccccc2[nH]1. The fourth-order valence-electron chi connectivity index (χ4n) is 2.53. The molecule has 25 heavy (non-hydrogen) atoms. The van der Waals surface area contributed by atoms with Gasteiger partial charge in [-0.15, -0.1) is 0 Å². The number of carbonyl (C=O) groups excluding carboxylic acids is 1. The summed E-state index contributed by atoms with van der Waals surface area (Å²) in [4.78, 5) is 20.1. The molecule has 1 aromatic heterocycles. The lowest BCUT2D eigenvalue weighted by molar-refractivity contribution is -0.891. The Hall–Kier alpha value is -2.85. The maximum absolute atomic E-state index is 11.9. The van der Waals surface area contributed by atoms with E-state index in [0.29, 0.717) is 5.82 Å². The van der Waals surface area contributed by atoms with Crippen molar-refractivity contribution in [3.63, 3.8) is 0 Å². The number of fused-ring (bicyclic) bond motifs is 1. The minimum Gasteiger partial charge on any atom is -0.505 e. The number of aromatic nitrogens is 2. The molecule has 7 heteroatoms. The Morgan fingerprint density at radius 1 is 1.40 bits per heavy atom. The zero-order valence-electron chi connectivity index (χ0n) is 14.9. The largest absolute Gasteiger partial charge is 0.505 e. The smallest absolute Gasteiger partial charge is 0.275 e. The van der Waals surface area contributed by atoms with E-state index in [1.54, 1.807) is 14.0 Å². The van der Waals surface area contributed by atoms with Crippen LogP contribution >= 0.6 is 0 Å². The number of aliphatic hydroxyl groups is 1. The van der Waals surface area contributed by atoms with E-state index >= 15 is 0 Å². The Morgan fingerprint density at radius 2 is 2.08 bits per heavy atom. The van der Waals surface area contributed by atoms with E-state index in [1.807, 2.05) is 44.2 Å². The van der Waals surface area contributed by atoms with E-state index in [-0.39, 0.29) is 29.8 Å². The second-order valence-corrected chi connectivity index (χ2v) is 6.44. The van der Waals surface area contributed by atoms with Gasteiger partial charge in [0, 0.05) is 6.04 Å². The number of likely N-dealkylation sites (N-methyl/N-ethyl adjacent to an activating group) is 1. The summed E-state index contributed by atoms with van der Waals surface area (Å²) in [6.07, 6.45) is 0. The number of nitriles is 1. The summed E-state index contributed by atoms with van der Waals surface area (Å²) in [7, 11) is 1.80. The minimum absolute atomic E-state index is 0.0602. The van der Waals surface area contributed by atoms with Crippen molar-refractivity contribution in [2.45, 2.75) is 32.9 Å². The zero-order chi connectivity index (χ0) is 18.6. The first kappa shape index (κ1) is 18.5. The zero-order valence-corrected chi connectivity index (χ0v) is 14.9. The van der Waals surface area contributed by atoms with Crippen LogP contribution in [0.4, 0.5) is 0 Å². The van der Waals surface area contributed by atoms with Gasteiger partial charge in [-0.2, -0.15) is 5.26 Å². The quantitative estimate of drug-likeness (QED) is 0.460. The number of hydrogen-bond donors (Lipinski definition) is 4. The molecule has 4 N–H and O–H groups in total. The summed E-state index contributed by atoms with van der Waals surface area (Å²) in [5.74, 6) is 0.137. The summed E-state index contributed by atoms with van der Waals surface area (Å²) in [6.45, 7) is 5.75. The van der Waals surface area contributed by atoms with Crippen LogP contribution in [0.1, 0.15) is 26.6 Å². The average molecular weight is 342 g/mol. The van der Waals surface area contributed by atoms with Gasteiger partial charge in [0.15, 0.2) is 18.1 Å². The van der Waals surface area contributed by atoms with Crippen molar-refractivity contribution in [2.24, 2.45) is 0 Å². The van der Waals surface area contributed by atoms with E-state index in [4.69, 9.17) is 0 Å². The molecule has 0 radical (unpaired) electrons. The van der Waals surface area contributed by atoms with Crippen LogP contribution < -0.4 is 10.2 Å². The molecule has 0 aliphatic heterocycles. The highest BCUT2D eigenvalue weighted by molar-refractivity contribution is 5.83. The lowest BCUT2D eigenvalue weighted by Crippen LogP contribution is -3.14. The van der Waals surface area contributed by atoms with Crippen molar-refractivity contribution >= 4 is 22.5 Å². The van der Waals surface area contributed by atoms with Gasteiger partial charge < -0.3 is 20.3 Å². The first-order valence-electron chi connectivity index (χ1n) is 8.23. The molecule has 0 aliphatic carbocycles. The van der Waals surface area contributed by atoms with Gasteiger partial charge in [0.05, 0.1) is 18.1 Å². The van der Waals surface area contributed by atoms with Crippen molar-refractivity contribution < 1.29 is 14.8 Å². The van der Waals surface area contributed by atoms with Crippen LogP contribution in [0.2, 0.25) is 0 Å². The number of hydrogen-bond acceptors (Lipinski definition) is 4. The van der Waals surface area contributed by atoms with Crippen molar-refractivity contribution in [2.75, 3.05) is 13.6 Å². The molecule has 0 spiro atoms. The monoisotopic (exact) mass is 342 g/mol. The van der Waals surface area contributed by atoms with E-state index in [0.717, 1.165) is 15.9 Å². The van der Waals surface area contributed by atoms with Gasteiger partial charge in [0.1, 0.15) is 17.7 Å². The number of para-hydroxylation sites is 2. The second-order valence-electron chi connectivity index (χ2n) is 6.44. The van der Waals surface area contributed by atoms with Crippen LogP contribution in [0.5, 0.6) is 0 Å². The predicted molar refractivity (Wildman–Crippen MR) is 95.7 cm³/mol. The molecule has 0 aliphatic rings. The maximum atomic E-state index is 11.9. The Kier molecular flexibility index (Phi) is 5.78. The van der Waals surface area contributed by atoms with Gasteiger partial charge in [-0.25, -0.2) is 4.98 Å². The molecular weight excluding hydrogens is 318 g/mol. The van der Waals surface area contributed by atoms with Gasteiger partial charge in [0.2, 0.25) is 0 Å². The average Bonchev–Trinajstić information content (AvgIpc) is 2.97. The molecule has 2 rings (SSSR count). The topological polar surface area (TPSA) is 106 Å². The standard InChI is InChI=1S/C18H23N5O2/c1-11(2)20-16(24)10-23(4)12(3)17(25)13(9-19)18-21-14-7-5-6-8-15(14)22-18/h5-8,11-12,25H,10H2,1-4H3,(H,20,24)(H,21,22)/p+1/b17-13-/t12-/m1/s1. The number of amides is 1. The molecular formula is C18H24N5O2+. The first-order chi connectivity index (χ1) is 11.8. The van der Waals surface area contributed by atoms with Crippen molar-refractivity contribution in [1.82, 2.24) is 15.3 Å². The molecule has 0 fully saturated rings. The summed E-state index contributed by atoms with van der Waals surface area (Å²) in [5, 5.41) is 22.9. The number of nitrogens with zero attached hydrogens (tertiary/aromatic N) is 2. The summed E-state index contributed by atoms with van der Waals surface area (Å²) < 4.78 is 0. The van der Waals surface area contributed by atoms with Crippen molar-refractivity contribution in [3.8, 4) is 6.07 Å². The number of imidazole rings is 1. The van der Waals surface area contributed by atoms with E-state index < -0.39 is 6.04 Å².